The second kappa shape index (κ2) is 6.39. The Labute approximate surface area is 82.0 Å². The van der Waals surface area contributed by atoms with Crippen molar-refractivity contribution in [2.75, 3.05) is 13.2 Å². The molecule has 0 bridgehead atoms. The molecule has 0 aliphatic heterocycles. The second-order valence-corrected chi connectivity index (χ2v) is 4.07. The molecule has 0 aromatic carbocycles. The minimum Gasteiger partial charge on any atom is -0.377 e. The van der Waals surface area contributed by atoms with Gasteiger partial charge in [-0.1, -0.05) is 13.3 Å². The monoisotopic (exact) mass is 185 g/mol. The molecule has 2 heteroatoms. The van der Waals surface area contributed by atoms with E-state index in [9.17, 15) is 0 Å². The van der Waals surface area contributed by atoms with E-state index < -0.39 is 0 Å². The summed E-state index contributed by atoms with van der Waals surface area (Å²) in [7, 11) is 0. The van der Waals surface area contributed by atoms with Crippen LogP contribution in [0.25, 0.3) is 0 Å². The molecule has 2 nitrogen and oxygen atoms in total. The predicted molar refractivity (Wildman–Crippen MR) is 56.0 cm³/mol. The highest BCUT2D eigenvalue weighted by Gasteiger charge is 2.17. The SMILES string of the molecule is CCCC(C)NCCOC1CCC1. The van der Waals surface area contributed by atoms with Crippen LogP contribution in [0.5, 0.6) is 0 Å². The van der Waals surface area contributed by atoms with E-state index in [4.69, 9.17) is 4.74 Å². The largest absolute Gasteiger partial charge is 0.377 e. The quantitative estimate of drug-likeness (QED) is 0.615. The second-order valence-electron chi connectivity index (χ2n) is 4.07. The van der Waals surface area contributed by atoms with E-state index in [0.717, 1.165) is 13.2 Å². The summed E-state index contributed by atoms with van der Waals surface area (Å²) in [6, 6.07) is 0.648. The molecule has 0 radical (unpaired) electrons. The summed E-state index contributed by atoms with van der Waals surface area (Å²) < 4.78 is 5.64. The Hall–Kier alpha value is -0.0800. The van der Waals surface area contributed by atoms with Crippen LogP contribution in [-0.2, 0) is 4.74 Å². The van der Waals surface area contributed by atoms with Gasteiger partial charge in [-0.25, -0.2) is 0 Å². The summed E-state index contributed by atoms with van der Waals surface area (Å²) >= 11 is 0. The minimum absolute atomic E-state index is 0.586. The molecule has 1 fully saturated rings. The minimum atomic E-state index is 0.586. The first-order valence-electron chi connectivity index (χ1n) is 5.68. The van der Waals surface area contributed by atoms with E-state index in [-0.39, 0.29) is 0 Å². The normalized spacial score (nSPS) is 19.8. The highest BCUT2D eigenvalue weighted by Crippen LogP contribution is 2.21. The van der Waals surface area contributed by atoms with Gasteiger partial charge in [-0.15, -0.1) is 0 Å². The molecule has 1 N–H and O–H groups in total. The van der Waals surface area contributed by atoms with Crippen molar-refractivity contribution in [2.45, 2.75) is 58.1 Å². The Morgan fingerprint density at radius 2 is 2.23 bits per heavy atom. The van der Waals surface area contributed by atoms with E-state index in [1.165, 1.54) is 32.1 Å². The summed E-state index contributed by atoms with van der Waals surface area (Å²) in [6.45, 7) is 6.37. The average molecular weight is 185 g/mol. The van der Waals surface area contributed by atoms with Crippen LogP contribution in [0.2, 0.25) is 0 Å². The maximum atomic E-state index is 5.64. The van der Waals surface area contributed by atoms with Crippen LogP contribution in [0.1, 0.15) is 46.0 Å². The Morgan fingerprint density at radius 3 is 2.77 bits per heavy atom. The molecule has 0 aromatic rings. The molecule has 1 atom stereocenters. The number of rotatable bonds is 7. The summed E-state index contributed by atoms with van der Waals surface area (Å²) in [5, 5.41) is 3.46. The molecule has 1 rings (SSSR count). The smallest absolute Gasteiger partial charge is 0.0594 e. The van der Waals surface area contributed by atoms with Gasteiger partial charge in [-0.2, -0.15) is 0 Å². The lowest BCUT2D eigenvalue weighted by atomic mass is 9.96. The Morgan fingerprint density at radius 1 is 1.46 bits per heavy atom. The maximum absolute atomic E-state index is 5.64. The molecule has 0 aromatic heterocycles. The first-order chi connectivity index (χ1) is 6.33. The fourth-order valence-corrected chi connectivity index (χ4v) is 1.60. The first-order valence-corrected chi connectivity index (χ1v) is 5.68. The zero-order valence-electron chi connectivity index (χ0n) is 9.01. The Kier molecular flexibility index (Phi) is 5.40. The van der Waals surface area contributed by atoms with Gasteiger partial charge < -0.3 is 10.1 Å². The van der Waals surface area contributed by atoms with Crippen molar-refractivity contribution in [3.63, 3.8) is 0 Å². The highest BCUT2D eigenvalue weighted by molar-refractivity contribution is 4.69. The molecule has 78 valence electrons. The molecule has 0 heterocycles. The molecule has 1 unspecified atom stereocenters. The van der Waals surface area contributed by atoms with Crippen LogP contribution in [0.3, 0.4) is 0 Å². The molecule has 0 spiro atoms. The zero-order chi connectivity index (χ0) is 9.52. The third kappa shape index (κ3) is 4.63. The van der Waals surface area contributed by atoms with Crippen LogP contribution in [0, 0.1) is 0 Å². The van der Waals surface area contributed by atoms with Gasteiger partial charge in [0.2, 0.25) is 0 Å². The molecule has 1 aliphatic carbocycles. The van der Waals surface area contributed by atoms with Crippen LogP contribution >= 0.6 is 0 Å². The molecule has 0 saturated heterocycles. The number of nitrogens with one attached hydrogen (secondary N) is 1. The van der Waals surface area contributed by atoms with E-state index in [0.29, 0.717) is 12.1 Å². The van der Waals surface area contributed by atoms with E-state index in [1.807, 2.05) is 0 Å². The van der Waals surface area contributed by atoms with E-state index >= 15 is 0 Å². The molecular weight excluding hydrogens is 162 g/mol. The standard InChI is InChI=1S/C11H23NO/c1-3-5-10(2)12-8-9-13-11-6-4-7-11/h10-12H,3-9H2,1-2H3. The molecule has 13 heavy (non-hydrogen) atoms. The molecule has 1 saturated carbocycles. The summed E-state index contributed by atoms with van der Waals surface area (Å²) in [6.07, 6.45) is 7.05. The zero-order valence-corrected chi connectivity index (χ0v) is 9.01. The number of hydrogen-bond donors (Lipinski definition) is 1. The third-order valence-corrected chi connectivity index (χ3v) is 2.72. The molecule has 0 amide bonds. The van der Waals surface area contributed by atoms with E-state index in [2.05, 4.69) is 19.2 Å². The van der Waals surface area contributed by atoms with Gasteiger partial charge in [0.1, 0.15) is 0 Å². The Bertz CT molecular complexity index is 123. The van der Waals surface area contributed by atoms with Crippen LogP contribution in [0.4, 0.5) is 0 Å². The van der Waals surface area contributed by atoms with Crippen molar-refractivity contribution in [1.82, 2.24) is 5.32 Å². The van der Waals surface area contributed by atoms with Gasteiger partial charge in [0.25, 0.3) is 0 Å². The van der Waals surface area contributed by atoms with Gasteiger partial charge in [0, 0.05) is 12.6 Å². The summed E-state index contributed by atoms with van der Waals surface area (Å²) in [5.74, 6) is 0. The van der Waals surface area contributed by atoms with Crippen molar-refractivity contribution in [2.24, 2.45) is 0 Å². The van der Waals surface area contributed by atoms with Gasteiger partial charge in [0.05, 0.1) is 12.7 Å². The van der Waals surface area contributed by atoms with Crippen molar-refractivity contribution >= 4 is 0 Å². The van der Waals surface area contributed by atoms with Crippen molar-refractivity contribution in [1.29, 1.82) is 0 Å². The van der Waals surface area contributed by atoms with Crippen molar-refractivity contribution in [3.05, 3.63) is 0 Å². The lowest BCUT2D eigenvalue weighted by Crippen LogP contribution is -2.31. The predicted octanol–water partition coefficient (Wildman–Crippen LogP) is 2.33. The van der Waals surface area contributed by atoms with E-state index in [1.54, 1.807) is 0 Å². The fraction of sp³-hybridized carbons (Fsp3) is 1.00. The van der Waals surface area contributed by atoms with Gasteiger partial charge in [-0.3, -0.25) is 0 Å². The van der Waals surface area contributed by atoms with Gasteiger partial charge >= 0.3 is 0 Å². The van der Waals surface area contributed by atoms with Crippen molar-refractivity contribution < 1.29 is 4.74 Å². The van der Waals surface area contributed by atoms with Gasteiger partial charge in [0.15, 0.2) is 0 Å². The van der Waals surface area contributed by atoms with Crippen LogP contribution in [-0.4, -0.2) is 25.3 Å². The topological polar surface area (TPSA) is 21.3 Å². The van der Waals surface area contributed by atoms with Gasteiger partial charge in [-0.05, 0) is 32.6 Å². The lowest BCUT2D eigenvalue weighted by Gasteiger charge is -2.25. The highest BCUT2D eigenvalue weighted by atomic mass is 16.5. The van der Waals surface area contributed by atoms with Crippen molar-refractivity contribution in [3.8, 4) is 0 Å². The van der Waals surface area contributed by atoms with Crippen LogP contribution < -0.4 is 5.32 Å². The average Bonchev–Trinajstić information content (AvgIpc) is 2.01. The fourth-order valence-electron chi connectivity index (χ4n) is 1.60. The number of hydrogen-bond acceptors (Lipinski definition) is 2. The van der Waals surface area contributed by atoms with Crippen LogP contribution in [0.15, 0.2) is 0 Å². The third-order valence-electron chi connectivity index (χ3n) is 2.72. The molecular formula is C11H23NO. The first kappa shape index (κ1) is 11.0. The number of ether oxygens (including phenoxy) is 1. The summed E-state index contributed by atoms with van der Waals surface area (Å²) in [5.41, 5.74) is 0. The Balaban J connectivity index is 1.82. The molecule has 1 aliphatic rings. The maximum Gasteiger partial charge on any atom is 0.0594 e. The lowest BCUT2D eigenvalue weighted by molar-refractivity contribution is 0.00358. The summed E-state index contributed by atoms with van der Waals surface area (Å²) in [4.78, 5) is 0.